The molecular formula is C18H21NO4. The number of amides is 1. The molecule has 0 bridgehead atoms. The Labute approximate surface area is 135 Å². The minimum absolute atomic E-state index is 0.0856. The summed E-state index contributed by atoms with van der Waals surface area (Å²) >= 11 is 0. The fourth-order valence-corrected chi connectivity index (χ4v) is 2.49. The van der Waals surface area contributed by atoms with Gasteiger partial charge in [0.15, 0.2) is 5.76 Å². The molecule has 0 spiro atoms. The smallest absolute Gasteiger partial charge is 0.340 e. The lowest BCUT2D eigenvalue weighted by molar-refractivity contribution is 0.0898. The Bertz CT molecular complexity index is 706. The van der Waals surface area contributed by atoms with Gasteiger partial charge in [-0.05, 0) is 24.3 Å². The molecule has 0 saturated carbocycles. The van der Waals surface area contributed by atoms with Gasteiger partial charge in [0, 0.05) is 12.1 Å². The van der Waals surface area contributed by atoms with Crippen LogP contribution in [0.4, 0.5) is 0 Å². The normalized spacial score (nSPS) is 12.1. The Morgan fingerprint density at radius 1 is 1.22 bits per heavy atom. The summed E-state index contributed by atoms with van der Waals surface area (Å²) in [7, 11) is 0. The molecule has 23 heavy (non-hydrogen) atoms. The van der Waals surface area contributed by atoms with Crippen molar-refractivity contribution in [3.63, 3.8) is 0 Å². The first-order chi connectivity index (χ1) is 10.9. The molecule has 1 aromatic heterocycles. The van der Waals surface area contributed by atoms with Crippen molar-refractivity contribution in [2.75, 3.05) is 0 Å². The summed E-state index contributed by atoms with van der Waals surface area (Å²) in [5.74, 6) is -0.563. The SMILES string of the molecule is CC(C)CC(Cc1ccccc1)NC(=O)c1cc(O)cc(=O)o1. The molecule has 0 saturated heterocycles. The second-order valence-electron chi connectivity index (χ2n) is 5.99. The van der Waals surface area contributed by atoms with Gasteiger partial charge in [0.05, 0.1) is 6.07 Å². The average molecular weight is 315 g/mol. The van der Waals surface area contributed by atoms with Crippen molar-refractivity contribution in [2.24, 2.45) is 5.92 Å². The van der Waals surface area contributed by atoms with Gasteiger partial charge in [0.25, 0.3) is 5.91 Å². The fraction of sp³-hybridized carbons (Fsp3) is 0.333. The third-order valence-electron chi connectivity index (χ3n) is 3.40. The second-order valence-corrected chi connectivity index (χ2v) is 5.99. The molecule has 122 valence electrons. The maximum atomic E-state index is 12.3. The number of rotatable bonds is 6. The van der Waals surface area contributed by atoms with Gasteiger partial charge in [0.1, 0.15) is 5.75 Å². The first kappa shape index (κ1) is 16.8. The van der Waals surface area contributed by atoms with E-state index in [1.54, 1.807) is 0 Å². The lowest BCUT2D eigenvalue weighted by atomic mass is 9.97. The molecule has 2 N–H and O–H groups in total. The molecule has 1 unspecified atom stereocenters. The minimum Gasteiger partial charge on any atom is -0.508 e. The molecule has 2 rings (SSSR count). The van der Waals surface area contributed by atoms with Crippen LogP contribution in [-0.4, -0.2) is 17.1 Å². The number of hydrogen-bond donors (Lipinski definition) is 2. The first-order valence-electron chi connectivity index (χ1n) is 7.63. The van der Waals surface area contributed by atoms with Gasteiger partial charge in [-0.3, -0.25) is 4.79 Å². The maximum Gasteiger partial charge on any atom is 0.340 e. The van der Waals surface area contributed by atoms with Crippen LogP contribution in [0, 0.1) is 5.92 Å². The number of aromatic hydroxyl groups is 1. The first-order valence-corrected chi connectivity index (χ1v) is 7.63. The molecule has 5 heteroatoms. The van der Waals surface area contributed by atoms with E-state index in [-0.39, 0.29) is 17.6 Å². The van der Waals surface area contributed by atoms with Crippen LogP contribution in [0.2, 0.25) is 0 Å². The number of carbonyl (C=O) groups is 1. The molecule has 5 nitrogen and oxygen atoms in total. The molecule has 1 aromatic carbocycles. The van der Waals surface area contributed by atoms with Crippen molar-refractivity contribution in [1.29, 1.82) is 0 Å². The molecule has 0 fully saturated rings. The zero-order valence-corrected chi connectivity index (χ0v) is 13.3. The van der Waals surface area contributed by atoms with Crippen LogP contribution in [0.1, 0.15) is 36.4 Å². The summed E-state index contributed by atoms with van der Waals surface area (Å²) < 4.78 is 4.85. The lowest BCUT2D eigenvalue weighted by Gasteiger charge is -2.20. The number of benzene rings is 1. The Morgan fingerprint density at radius 2 is 1.91 bits per heavy atom. The van der Waals surface area contributed by atoms with Crippen molar-refractivity contribution >= 4 is 5.91 Å². The van der Waals surface area contributed by atoms with E-state index in [0.717, 1.165) is 24.1 Å². The van der Waals surface area contributed by atoms with Gasteiger partial charge in [-0.2, -0.15) is 0 Å². The Kier molecular flexibility index (Phi) is 5.57. The molecule has 0 aliphatic carbocycles. The van der Waals surface area contributed by atoms with E-state index in [1.807, 2.05) is 30.3 Å². The molecule has 2 aromatic rings. The summed E-state index contributed by atoms with van der Waals surface area (Å²) in [4.78, 5) is 23.5. The summed E-state index contributed by atoms with van der Waals surface area (Å²) in [5.41, 5.74) is 0.370. The van der Waals surface area contributed by atoms with Gasteiger partial charge in [0.2, 0.25) is 0 Å². The van der Waals surface area contributed by atoms with Gasteiger partial charge >= 0.3 is 5.63 Å². The highest BCUT2D eigenvalue weighted by Gasteiger charge is 2.18. The van der Waals surface area contributed by atoms with E-state index < -0.39 is 11.5 Å². The second kappa shape index (κ2) is 7.63. The molecule has 1 heterocycles. The Morgan fingerprint density at radius 3 is 2.52 bits per heavy atom. The summed E-state index contributed by atoms with van der Waals surface area (Å²) in [6.07, 6.45) is 1.48. The van der Waals surface area contributed by atoms with Gasteiger partial charge in [-0.25, -0.2) is 4.79 Å². The highest BCUT2D eigenvalue weighted by atomic mass is 16.4. The highest BCUT2D eigenvalue weighted by Crippen LogP contribution is 2.13. The van der Waals surface area contributed by atoms with E-state index in [0.29, 0.717) is 12.3 Å². The predicted molar refractivity (Wildman–Crippen MR) is 87.5 cm³/mol. The molecule has 1 atom stereocenters. The quantitative estimate of drug-likeness (QED) is 0.859. The van der Waals surface area contributed by atoms with Crippen molar-refractivity contribution < 1.29 is 14.3 Å². The Hall–Kier alpha value is -2.56. The lowest BCUT2D eigenvalue weighted by Crippen LogP contribution is -2.37. The van der Waals surface area contributed by atoms with Crippen molar-refractivity contribution in [1.82, 2.24) is 5.32 Å². The largest absolute Gasteiger partial charge is 0.508 e. The van der Waals surface area contributed by atoms with Crippen molar-refractivity contribution in [3.8, 4) is 5.75 Å². The standard InChI is InChI=1S/C18H21NO4/c1-12(2)8-14(9-13-6-4-3-5-7-13)19-18(22)16-10-15(20)11-17(21)23-16/h3-7,10-12,14,20H,8-9H2,1-2H3,(H,19,22). The molecule has 0 aliphatic rings. The van der Waals surface area contributed by atoms with E-state index in [4.69, 9.17) is 4.42 Å². The summed E-state index contributed by atoms with van der Waals surface area (Å²) in [6.45, 7) is 4.16. The van der Waals surface area contributed by atoms with Crippen molar-refractivity contribution in [3.05, 3.63) is 64.2 Å². The van der Waals surface area contributed by atoms with Crippen LogP contribution in [0.3, 0.4) is 0 Å². The highest BCUT2D eigenvalue weighted by molar-refractivity contribution is 5.91. The van der Waals surface area contributed by atoms with E-state index in [9.17, 15) is 14.7 Å². The van der Waals surface area contributed by atoms with Crippen LogP contribution in [-0.2, 0) is 6.42 Å². The van der Waals surface area contributed by atoms with E-state index in [2.05, 4.69) is 19.2 Å². The van der Waals surface area contributed by atoms with Gasteiger partial charge < -0.3 is 14.8 Å². The zero-order valence-electron chi connectivity index (χ0n) is 13.3. The topological polar surface area (TPSA) is 79.5 Å². The van der Waals surface area contributed by atoms with Crippen LogP contribution in [0.5, 0.6) is 5.75 Å². The van der Waals surface area contributed by atoms with Gasteiger partial charge in [-0.1, -0.05) is 44.2 Å². The van der Waals surface area contributed by atoms with Crippen molar-refractivity contribution in [2.45, 2.75) is 32.7 Å². The van der Waals surface area contributed by atoms with E-state index in [1.165, 1.54) is 0 Å². The number of hydrogen-bond acceptors (Lipinski definition) is 4. The average Bonchev–Trinajstić information content (AvgIpc) is 2.46. The van der Waals surface area contributed by atoms with E-state index >= 15 is 0 Å². The summed E-state index contributed by atoms with van der Waals surface area (Å²) in [5, 5.41) is 12.3. The van der Waals surface area contributed by atoms with Crippen LogP contribution in [0.25, 0.3) is 0 Å². The molecule has 1 amide bonds. The van der Waals surface area contributed by atoms with Gasteiger partial charge in [-0.15, -0.1) is 0 Å². The third kappa shape index (κ3) is 5.29. The predicted octanol–water partition coefficient (Wildman–Crippen LogP) is 2.73. The third-order valence-corrected chi connectivity index (χ3v) is 3.40. The van der Waals surface area contributed by atoms with Crippen LogP contribution in [0.15, 0.2) is 51.7 Å². The number of carbonyl (C=O) groups excluding carboxylic acids is 1. The molecule has 0 aliphatic heterocycles. The Balaban J connectivity index is 2.13. The molecule has 0 radical (unpaired) electrons. The number of nitrogens with one attached hydrogen (secondary N) is 1. The zero-order chi connectivity index (χ0) is 16.8. The summed E-state index contributed by atoms with van der Waals surface area (Å²) in [6, 6.07) is 11.9. The monoisotopic (exact) mass is 315 g/mol. The van der Waals surface area contributed by atoms with Crippen LogP contribution >= 0.6 is 0 Å². The van der Waals surface area contributed by atoms with Crippen LogP contribution < -0.4 is 10.9 Å². The maximum absolute atomic E-state index is 12.3. The fourth-order valence-electron chi connectivity index (χ4n) is 2.49. The minimum atomic E-state index is -0.751. The molecular weight excluding hydrogens is 294 g/mol.